The number of halogens is 2. The van der Waals surface area contributed by atoms with Gasteiger partial charge >= 0.3 is 5.97 Å². The highest BCUT2D eigenvalue weighted by Gasteiger charge is 2.27. The molecule has 1 atom stereocenters. The van der Waals surface area contributed by atoms with Gasteiger partial charge in [0.2, 0.25) is 0 Å². The van der Waals surface area contributed by atoms with Crippen molar-refractivity contribution in [1.82, 2.24) is 15.1 Å². The predicted octanol–water partition coefficient (Wildman–Crippen LogP) is 3.29. The summed E-state index contributed by atoms with van der Waals surface area (Å²) >= 11 is 5.61. The van der Waals surface area contributed by atoms with Crippen LogP contribution in [0.2, 0.25) is 5.02 Å². The Balaban J connectivity index is 2.31. The van der Waals surface area contributed by atoms with Crippen LogP contribution in [0.4, 0.5) is 4.39 Å². The molecule has 1 aromatic carbocycles. The maximum absolute atomic E-state index is 13.6. The van der Waals surface area contributed by atoms with Crippen LogP contribution in [0.1, 0.15) is 48.4 Å². The number of aliphatic carboxylic acids is 1. The van der Waals surface area contributed by atoms with Crippen molar-refractivity contribution in [3.8, 4) is 0 Å². The van der Waals surface area contributed by atoms with Crippen LogP contribution in [-0.2, 0) is 10.3 Å². The first-order valence-corrected chi connectivity index (χ1v) is 7.94. The maximum atomic E-state index is 13.6. The van der Waals surface area contributed by atoms with E-state index in [1.807, 2.05) is 20.8 Å². The minimum absolute atomic E-state index is 0.0867. The van der Waals surface area contributed by atoms with Gasteiger partial charge in [-0.2, -0.15) is 5.10 Å². The fourth-order valence-electron chi connectivity index (χ4n) is 2.50. The molecule has 0 spiro atoms. The average Bonchev–Trinajstić information content (AvgIpc) is 2.89. The molecule has 0 saturated heterocycles. The molecule has 0 aliphatic rings. The minimum atomic E-state index is -1.41. The van der Waals surface area contributed by atoms with Crippen molar-refractivity contribution in [1.29, 1.82) is 0 Å². The van der Waals surface area contributed by atoms with E-state index in [1.54, 1.807) is 11.6 Å². The van der Waals surface area contributed by atoms with Crippen molar-refractivity contribution in [2.24, 2.45) is 0 Å². The number of amides is 1. The minimum Gasteiger partial charge on any atom is -0.479 e. The molecule has 0 aliphatic heterocycles. The molecule has 1 unspecified atom stereocenters. The van der Waals surface area contributed by atoms with Crippen LogP contribution in [0.25, 0.3) is 0 Å². The lowest BCUT2D eigenvalue weighted by Gasteiger charge is -2.21. The molecule has 2 rings (SSSR count). The summed E-state index contributed by atoms with van der Waals surface area (Å²) in [6.07, 6.45) is 1.39. The Morgan fingerprint density at radius 2 is 2.00 bits per heavy atom. The number of carboxylic acids is 1. The molecule has 1 heterocycles. The monoisotopic (exact) mass is 367 g/mol. The highest BCUT2D eigenvalue weighted by atomic mass is 35.5. The van der Waals surface area contributed by atoms with E-state index < -0.39 is 23.7 Å². The summed E-state index contributed by atoms with van der Waals surface area (Å²) in [4.78, 5) is 24.0. The van der Waals surface area contributed by atoms with E-state index in [0.29, 0.717) is 5.69 Å². The second-order valence-corrected chi connectivity index (χ2v) is 7.05. The number of nitrogens with zero attached hydrogens (tertiary/aromatic N) is 2. The molecule has 2 aromatic rings. The summed E-state index contributed by atoms with van der Waals surface area (Å²) in [6.45, 7) is 7.53. The summed E-state index contributed by atoms with van der Waals surface area (Å²) < 4.78 is 15.3. The Morgan fingerprint density at radius 1 is 1.36 bits per heavy atom. The van der Waals surface area contributed by atoms with Crippen molar-refractivity contribution in [3.63, 3.8) is 0 Å². The molecule has 6 nitrogen and oxygen atoms in total. The number of carboxylic acid groups (broad SMARTS) is 1. The smallest absolute Gasteiger partial charge is 0.330 e. The normalized spacial score (nSPS) is 12.7. The van der Waals surface area contributed by atoms with Gasteiger partial charge in [0.25, 0.3) is 5.91 Å². The Bertz CT molecular complexity index is 827. The summed E-state index contributed by atoms with van der Waals surface area (Å²) in [6, 6.07) is 2.19. The SMILES string of the molecule is Cc1c(C(=O)NC(C(=O)O)c2ccc(Cl)c(F)c2)cnn1C(C)(C)C. The highest BCUT2D eigenvalue weighted by Crippen LogP contribution is 2.22. The zero-order chi connectivity index (χ0) is 18.9. The molecule has 0 fully saturated rings. The Morgan fingerprint density at radius 3 is 2.48 bits per heavy atom. The third-order valence-corrected chi connectivity index (χ3v) is 4.00. The predicted molar refractivity (Wildman–Crippen MR) is 91.2 cm³/mol. The van der Waals surface area contributed by atoms with E-state index in [0.717, 1.165) is 6.07 Å². The van der Waals surface area contributed by atoms with E-state index in [9.17, 15) is 19.1 Å². The zero-order valence-electron chi connectivity index (χ0n) is 14.3. The number of carbonyl (C=O) groups excluding carboxylic acids is 1. The number of benzene rings is 1. The second-order valence-electron chi connectivity index (χ2n) is 6.64. The molecular formula is C17H19ClFN3O3. The Hall–Kier alpha value is -2.41. The first-order chi connectivity index (χ1) is 11.5. The van der Waals surface area contributed by atoms with Gasteiger partial charge in [-0.3, -0.25) is 9.48 Å². The van der Waals surface area contributed by atoms with Gasteiger partial charge in [-0.15, -0.1) is 0 Å². The molecule has 1 aromatic heterocycles. The molecular weight excluding hydrogens is 349 g/mol. The highest BCUT2D eigenvalue weighted by molar-refractivity contribution is 6.30. The summed E-state index contributed by atoms with van der Waals surface area (Å²) in [7, 11) is 0. The molecule has 0 aliphatic carbocycles. The fraction of sp³-hybridized carbons (Fsp3) is 0.353. The first kappa shape index (κ1) is 18.9. The van der Waals surface area contributed by atoms with Crippen LogP contribution in [0.5, 0.6) is 0 Å². The molecule has 2 N–H and O–H groups in total. The van der Waals surface area contributed by atoms with Gasteiger partial charge in [0, 0.05) is 5.69 Å². The van der Waals surface area contributed by atoms with Gasteiger partial charge in [0.05, 0.1) is 22.3 Å². The van der Waals surface area contributed by atoms with Crippen LogP contribution in [0.3, 0.4) is 0 Å². The largest absolute Gasteiger partial charge is 0.479 e. The van der Waals surface area contributed by atoms with Crippen LogP contribution < -0.4 is 5.32 Å². The quantitative estimate of drug-likeness (QED) is 0.868. The Kier molecular flexibility index (Phi) is 5.17. The van der Waals surface area contributed by atoms with E-state index >= 15 is 0 Å². The van der Waals surface area contributed by atoms with Crippen LogP contribution in [0, 0.1) is 12.7 Å². The van der Waals surface area contributed by atoms with Crippen molar-refractivity contribution >= 4 is 23.5 Å². The standard InChI is InChI=1S/C17H19ClFN3O3/c1-9-11(8-20-22(9)17(2,3)4)15(23)21-14(16(24)25)10-5-6-12(18)13(19)7-10/h5-8,14H,1-4H3,(H,21,23)(H,24,25). The number of rotatable bonds is 4. The number of carbonyl (C=O) groups is 2. The Labute approximate surface area is 149 Å². The zero-order valence-corrected chi connectivity index (χ0v) is 15.1. The lowest BCUT2D eigenvalue weighted by Crippen LogP contribution is -2.34. The third kappa shape index (κ3) is 3.99. The second kappa shape index (κ2) is 6.84. The van der Waals surface area contributed by atoms with Crippen molar-refractivity contribution in [2.75, 3.05) is 0 Å². The summed E-state index contributed by atoms with van der Waals surface area (Å²) in [5.41, 5.74) is 0.629. The molecule has 134 valence electrons. The van der Waals surface area contributed by atoms with Gasteiger partial charge in [-0.1, -0.05) is 17.7 Å². The van der Waals surface area contributed by atoms with Gasteiger partial charge in [0.1, 0.15) is 5.82 Å². The maximum Gasteiger partial charge on any atom is 0.330 e. The molecule has 25 heavy (non-hydrogen) atoms. The molecule has 8 heteroatoms. The van der Waals surface area contributed by atoms with Gasteiger partial charge in [-0.05, 0) is 45.4 Å². The van der Waals surface area contributed by atoms with E-state index in [4.69, 9.17) is 11.6 Å². The lowest BCUT2D eigenvalue weighted by molar-refractivity contribution is -0.139. The molecule has 0 bridgehead atoms. The number of aromatic nitrogens is 2. The number of nitrogens with one attached hydrogen (secondary N) is 1. The van der Waals surface area contributed by atoms with Gasteiger partial charge < -0.3 is 10.4 Å². The summed E-state index contributed by atoms with van der Waals surface area (Å²) in [5.74, 6) is -2.66. The van der Waals surface area contributed by atoms with E-state index in [-0.39, 0.29) is 21.7 Å². The van der Waals surface area contributed by atoms with Crippen molar-refractivity contribution in [3.05, 3.63) is 52.1 Å². The van der Waals surface area contributed by atoms with Crippen LogP contribution in [0.15, 0.2) is 24.4 Å². The van der Waals surface area contributed by atoms with Crippen molar-refractivity contribution < 1.29 is 19.1 Å². The van der Waals surface area contributed by atoms with E-state index in [2.05, 4.69) is 10.4 Å². The van der Waals surface area contributed by atoms with Gasteiger partial charge in [0.15, 0.2) is 6.04 Å². The number of hydrogen-bond donors (Lipinski definition) is 2. The molecule has 0 radical (unpaired) electrons. The van der Waals surface area contributed by atoms with Crippen molar-refractivity contribution in [2.45, 2.75) is 39.3 Å². The topological polar surface area (TPSA) is 84.2 Å². The van der Waals surface area contributed by atoms with Gasteiger partial charge in [-0.25, -0.2) is 9.18 Å². The van der Waals surface area contributed by atoms with Crippen LogP contribution in [-0.4, -0.2) is 26.8 Å². The third-order valence-electron chi connectivity index (χ3n) is 3.69. The van der Waals surface area contributed by atoms with Crippen LogP contribution >= 0.6 is 11.6 Å². The first-order valence-electron chi connectivity index (χ1n) is 7.56. The lowest BCUT2D eigenvalue weighted by atomic mass is 10.1. The molecule has 1 amide bonds. The fourth-order valence-corrected chi connectivity index (χ4v) is 2.61. The average molecular weight is 368 g/mol. The van der Waals surface area contributed by atoms with E-state index in [1.165, 1.54) is 18.3 Å². The number of hydrogen-bond acceptors (Lipinski definition) is 3. The molecule has 0 saturated carbocycles. The summed E-state index contributed by atoms with van der Waals surface area (Å²) in [5, 5.41) is 15.9.